The van der Waals surface area contributed by atoms with Gasteiger partial charge in [0.2, 0.25) is 10.0 Å². The van der Waals surface area contributed by atoms with Crippen molar-refractivity contribution in [1.29, 1.82) is 0 Å². The van der Waals surface area contributed by atoms with E-state index < -0.39 is 44.1 Å². The summed E-state index contributed by atoms with van der Waals surface area (Å²) in [5.74, 6) is -1.89. The quantitative estimate of drug-likeness (QED) is 0.623. The van der Waals surface area contributed by atoms with Crippen LogP contribution in [-0.2, 0) is 14.8 Å². The largest absolute Gasteiger partial charge is 0.481 e. The molecule has 0 aromatic carbocycles. The van der Waals surface area contributed by atoms with Crippen LogP contribution >= 0.6 is 0 Å². The zero-order valence-electron chi connectivity index (χ0n) is 10.5. The maximum atomic E-state index is 12.3. The molecule has 0 amide bonds. The van der Waals surface area contributed by atoms with Gasteiger partial charge in [0.25, 0.3) is 5.56 Å². The highest BCUT2D eigenvalue weighted by Crippen LogP contribution is 2.28. The van der Waals surface area contributed by atoms with E-state index in [1.54, 1.807) is 0 Å². The minimum absolute atomic E-state index is 0.0129. The molecule has 3 N–H and O–H groups in total. The van der Waals surface area contributed by atoms with Gasteiger partial charge in [-0.2, -0.15) is 4.31 Å². The van der Waals surface area contributed by atoms with Crippen LogP contribution in [0.3, 0.4) is 0 Å². The molecule has 2 heterocycles. The second-order valence-electron chi connectivity index (χ2n) is 4.53. The van der Waals surface area contributed by atoms with Gasteiger partial charge in [-0.05, 0) is 13.3 Å². The van der Waals surface area contributed by atoms with Crippen LogP contribution in [-0.4, -0.2) is 46.4 Å². The number of carbonyl (C=O) groups is 1. The van der Waals surface area contributed by atoms with Gasteiger partial charge in [-0.3, -0.25) is 14.6 Å². The highest BCUT2D eigenvalue weighted by Gasteiger charge is 2.43. The lowest BCUT2D eigenvalue weighted by molar-refractivity contribution is -0.142. The predicted octanol–water partition coefficient (Wildman–Crippen LogP) is -1.45. The predicted molar refractivity (Wildman–Crippen MR) is 66.8 cm³/mol. The summed E-state index contributed by atoms with van der Waals surface area (Å²) in [5, 5.41) is 8.99. The molecule has 2 rings (SSSR count). The number of aromatic nitrogens is 2. The molecule has 1 aromatic rings. The number of nitrogens with zero attached hydrogens (tertiary/aromatic N) is 1. The maximum absolute atomic E-state index is 12.3. The van der Waals surface area contributed by atoms with E-state index in [0.29, 0.717) is 0 Å². The molecule has 0 aliphatic carbocycles. The van der Waals surface area contributed by atoms with E-state index in [-0.39, 0.29) is 13.0 Å². The van der Waals surface area contributed by atoms with Crippen molar-refractivity contribution in [2.45, 2.75) is 24.3 Å². The number of carboxylic acid groups (broad SMARTS) is 1. The monoisotopic (exact) mass is 303 g/mol. The summed E-state index contributed by atoms with van der Waals surface area (Å²) in [6.07, 6.45) is 0.994. The third-order valence-corrected chi connectivity index (χ3v) is 5.38. The van der Waals surface area contributed by atoms with E-state index in [1.165, 1.54) is 6.92 Å². The van der Waals surface area contributed by atoms with Crippen LogP contribution in [0.1, 0.15) is 13.3 Å². The summed E-state index contributed by atoms with van der Waals surface area (Å²) in [5.41, 5.74) is -1.84. The lowest BCUT2D eigenvalue weighted by Crippen LogP contribution is -2.40. The molecule has 0 bridgehead atoms. The topological polar surface area (TPSA) is 140 Å². The van der Waals surface area contributed by atoms with Crippen LogP contribution in [0.4, 0.5) is 0 Å². The summed E-state index contributed by atoms with van der Waals surface area (Å²) < 4.78 is 25.6. The summed E-state index contributed by atoms with van der Waals surface area (Å²) in [7, 11) is -4.15. The molecule has 1 saturated heterocycles. The lowest BCUT2D eigenvalue weighted by atomic mass is 10.0. The van der Waals surface area contributed by atoms with Crippen molar-refractivity contribution in [1.82, 2.24) is 14.3 Å². The Kier molecular flexibility index (Phi) is 3.52. The molecule has 9 nitrogen and oxygen atoms in total. The molecular formula is C10H13N3O6S. The number of aliphatic carboxylic acids is 1. The average molecular weight is 303 g/mol. The molecular weight excluding hydrogens is 290 g/mol. The van der Waals surface area contributed by atoms with Gasteiger partial charge >= 0.3 is 11.7 Å². The number of hydrogen-bond acceptors (Lipinski definition) is 5. The van der Waals surface area contributed by atoms with Crippen molar-refractivity contribution in [2.24, 2.45) is 5.92 Å². The van der Waals surface area contributed by atoms with E-state index >= 15 is 0 Å². The molecule has 2 unspecified atom stereocenters. The number of aromatic amines is 2. The first-order chi connectivity index (χ1) is 9.25. The minimum Gasteiger partial charge on any atom is -0.481 e. The van der Waals surface area contributed by atoms with Crippen LogP contribution in [0.2, 0.25) is 0 Å². The summed E-state index contributed by atoms with van der Waals surface area (Å²) >= 11 is 0. The summed E-state index contributed by atoms with van der Waals surface area (Å²) in [6.45, 7) is 1.49. The van der Waals surface area contributed by atoms with Crippen molar-refractivity contribution in [2.75, 3.05) is 6.54 Å². The van der Waals surface area contributed by atoms with Crippen molar-refractivity contribution in [3.05, 3.63) is 27.0 Å². The first kappa shape index (κ1) is 14.5. The number of nitrogens with one attached hydrogen (secondary N) is 2. The molecule has 0 radical (unpaired) electrons. The van der Waals surface area contributed by atoms with Gasteiger partial charge in [0.15, 0.2) is 4.90 Å². The fourth-order valence-corrected chi connectivity index (χ4v) is 3.97. The van der Waals surface area contributed by atoms with Gasteiger partial charge in [-0.1, -0.05) is 0 Å². The first-order valence-electron chi connectivity index (χ1n) is 5.82. The van der Waals surface area contributed by atoms with Gasteiger partial charge in [0.05, 0.1) is 5.92 Å². The van der Waals surface area contributed by atoms with Crippen molar-refractivity contribution in [3.8, 4) is 0 Å². The molecule has 2 atom stereocenters. The lowest BCUT2D eigenvalue weighted by Gasteiger charge is -2.21. The zero-order chi connectivity index (χ0) is 15.1. The number of carboxylic acids is 1. The Labute approximate surface area is 113 Å². The number of hydrogen-bond donors (Lipinski definition) is 3. The van der Waals surface area contributed by atoms with E-state index in [9.17, 15) is 22.8 Å². The Morgan fingerprint density at radius 2 is 2.10 bits per heavy atom. The van der Waals surface area contributed by atoms with Crippen LogP contribution < -0.4 is 11.2 Å². The maximum Gasteiger partial charge on any atom is 0.325 e. The van der Waals surface area contributed by atoms with E-state index in [2.05, 4.69) is 4.98 Å². The molecule has 1 aliphatic rings. The normalized spacial score (nSPS) is 23.9. The standard InChI is InChI=1S/C10H13N3O6S/c1-5-6(9(15)16)2-3-13(5)20(18,19)7-4-11-10(17)12-8(7)14/h4-6H,2-3H2,1H3,(H,15,16)(H2,11,12,14,17). The highest BCUT2D eigenvalue weighted by atomic mass is 32.2. The fourth-order valence-electron chi connectivity index (χ4n) is 2.30. The molecule has 20 heavy (non-hydrogen) atoms. The van der Waals surface area contributed by atoms with Crippen LogP contribution in [0.25, 0.3) is 0 Å². The van der Waals surface area contributed by atoms with Crippen LogP contribution in [0.15, 0.2) is 20.7 Å². The van der Waals surface area contributed by atoms with Crippen LogP contribution in [0.5, 0.6) is 0 Å². The Morgan fingerprint density at radius 3 is 2.60 bits per heavy atom. The third-order valence-electron chi connectivity index (χ3n) is 3.39. The number of rotatable bonds is 3. The van der Waals surface area contributed by atoms with Gasteiger partial charge in [0.1, 0.15) is 0 Å². The highest BCUT2D eigenvalue weighted by molar-refractivity contribution is 7.89. The molecule has 1 aliphatic heterocycles. The summed E-state index contributed by atoms with van der Waals surface area (Å²) in [6, 6.07) is -0.760. The SMILES string of the molecule is CC1C(C(=O)O)CCN1S(=O)(=O)c1c[nH]c(=O)[nH]c1=O. The average Bonchev–Trinajstić information content (AvgIpc) is 2.71. The van der Waals surface area contributed by atoms with Crippen molar-refractivity contribution < 1.29 is 18.3 Å². The Morgan fingerprint density at radius 1 is 1.45 bits per heavy atom. The molecule has 110 valence electrons. The Balaban J connectivity index is 2.44. The minimum atomic E-state index is -4.15. The Bertz CT molecular complexity index is 749. The summed E-state index contributed by atoms with van der Waals surface area (Å²) in [4.78, 5) is 36.8. The first-order valence-corrected chi connectivity index (χ1v) is 7.26. The number of H-pyrrole nitrogens is 2. The molecule has 10 heteroatoms. The zero-order valence-corrected chi connectivity index (χ0v) is 11.3. The van der Waals surface area contributed by atoms with Gasteiger partial charge in [-0.25, -0.2) is 13.2 Å². The van der Waals surface area contributed by atoms with Gasteiger partial charge < -0.3 is 10.1 Å². The molecule has 0 spiro atoms. The third kappa shape index (κ3) is 2.27. The van der Waals surface area contributed by atoms with Crippen LogP contribution in [0, 0.1) is 5.92 Å². The second kappa shape index (κ2) is 4.87. The van der Waals surface area contributed by atoms with Gasteiger partial charge in [-0.15, -0.1) is 0 Å². The fraction of sp³-hybridized carbons (Fsp3) is 0.500. The van der Waals surface area contributed by atoms with E-state index in [4.69, 9.17) is 5.11 Å². The van der Waals surface area contributed by atoms with E-state index in [0.717, 1.165) is 10.5 Å². The smallest absolute Gasteiger partial charge is 0.325 e. The second-order valence-corrected chi connectivity index (χ2v) is 6.38. The Hall–Kier alpha value is -1.94. The number of sulfonamides is 1. The van der Waals surface area contributed by atoms with Gasteiger partial charge in [0, 0.05) is 18.8 Å². The van der Waals surface area contributed by atoms with Crippen molar-refractivity contribution in [3.63, 3.8) is 0 Å². The molecule has 1 aromatic heterocycles. The molecule has 1 fully saturated rings. The molecule has 0 saturated carbocycles. The van der Waals surface area contributed by atoms with E-state index in [1.807, 2.05) is 4.98 Å². The van der Waals surface area contributed by atoms with Crippen molar-refractivity contribution >= 4 is 16.0 Å².